The Morgan fingerprint density at radius 2 is 1.74 bits per heavy atom. The highest BCUT2D eigenvalue weighted by molar-refractivity contribution is 7.90. The molecule has 3 aromatic rings. The Morgan fingerprint density at radius 1 is 1.00 bits per heavy atom. The fraction of sp³-hybridized carbons (Fsp3) is 0.553. The highest BCUT2D eigenvalue weighted by Crippen LogP contribution is 2.44. The number of nitrogens with one attached hydrogen (secondary N) is 1. The number of benzene rings is 2. The average molecular weight is 676 g/mol. The van der Waals surface area contributed by atoms with Crippen LogP contribution in [0, 0.1) is 18.8 Å². The van der Waals surface area contributed by atoms with Crippen molar-refractivity contribution < 1.29 is 18.9 Å². The first-order chi connectivity index (χ1) is 22.8. The number of methoxy groups -OCH3 is 1. The van der Waals surface area contributed by atoms with Crippen LogP contribution in [0.25, 0.3) is 10.4 Å². The van der Waals surface area contributed by atoms with E-state index in [0.29, 0.717) is 23.5 Å². The van der Waals surface area contributed by atoms with Gasteiger partial charge >= 0.3 is 0 Å². The lowest BCUT2D eigenvalue weighted by Crippen LogP contribution is -2.44. The Bertz CT molecular complexity index is 1520. The van der Waals surface area contributed by atoms with E-state index >= 15 is 0 Å². The molecule has 1 unspecified atom stereocenters. The Hall–Kier alpha value is -2.88. The van der Waals surface area contributed by atoms with Crippen molar-refractivity contribution in [2.45, 2.75) is 95.4 Å². The molecule has 9 heteroatoms. The minimum Gasteiger partial charge on any atom is -0.617 e. The first-order valence-electron chi connectivity index (χ1n) is 17.4. The molecule has 3 fully saturated rings. The Morgan fingerprint density at radius 3 is 2.43 bits per heavy atom. The summed E-state index contributed by atoms with van der Waals surface area (Å²) in [6.07, 6.45) is 14.0. The molecule has 0 saturated heterocycles. The number of hydrogen-bond donors (Lipinski definition) is 1. The number of hydrogen-bond acceptors (Lipinski definition) is 6. The molecule has 0 aliphatic heterocycles. The van der Waals surface area contributed by atoms with Gasteiger partial charge in [-0.1, -0.05) is 35.4 Å². The molecule has 6 rings (SSSR count). The van der Waals surface area contributed by atoms with Gasteiger partial charge in [-0.2, -0.15) is 0 Å². The van der Waals surface area contributed by atoms with Crippen LogP contribution in [0.15, 0.2) is 48.7 Å². The number of aryl methyl sites for hydroxylation is 1. The maximum Gasteiger partial charge on any atom is 0.230 e. The molecular formula is C38H49N3O4S2. The minimum atomic E-state index is -0.977. The van der Waals surface area contributed by atoms with Crippen molar-refractivity contribution in [3.8, 4) is 16.2 Å². The fourth-order valence-electron chi connectivity index (χ4n) is 7.42. The predicted octanol–water partition coefficient (Wildman–Crippen LogP) is 7.76. The van der Waals surface area contributed by atoms with Gasteiger partial charge in [0.1, 0.15) is 11.5 Å². The van der Waals surface area contributed by atoms with E-state index in [9.17, 15) is 14.1 Å². The number of anilines is 1. The molecule has 2 amide bonds. The van der Waals surface area contributed by atoms with Crippen LogP contribution >= 0.6 is 11.3 Å². The summed E-state index contributed by atoms with van der Waals surface area (Å²) in [4.78, 5) is 34.7. The third-order valence-corrected chi connectivity index (χ3v) is 12.4. The van der Waals surface area contributed by atoms with E-state index in [4.69, 9.17) is 9.72 Å². The molecule has 0 spiro atoms. The minimum absolute atomic E-state index is 0.0401. The Balaban J connectivity index is 1.14. The largest absolute Gasteiger partial charge is 0.617 e. The van der Waals surface area contributed by atoms with Gasteiger partial charge < -0.3 is 19.5 Å². The van der Waals surface area contributed by atoms with E-state index in [1.165, 1.54) is 33.9 Å². The molecule has 2 aromatic carbocycles. The van der Waals surface area contributed by atoms with E-state index in [0.717, 1.165) is 74.9 Å². The van der Waals surface area contributed by atoms with Gasteiger partial charge in [-0.25, -0.2) is 4.98 Å². The van der Waals surface area contributed by atoms with Crippen LogP contribution in [0.1, 0.15) is 98.6 Å². The van der Waals surface area contributed by atoms with Crippen LogP contribution in [-0.2, 0) is 20.8 Å². The SMILES string of the molecule is COc1ccc([C@H]2CC[C@H](CN(c3cccc(-c4cnc(C5CC5)s4)c3)C(=O)[C@H]3CC[C@H](NC(=O)CC[S+](C)[O-])CC3)CC2)cc1C. The maximum atomic E-state index is 14.4. The average Bonchev–Trinajstić information content (AvgIpc) is 3.82. The molecule has 252 valence electrons. The molecular weight excluding hydrogens is 627 g/mol. The third-order valence-electron chi connectivity index (χ3n) is 10.4. The molecule has 0 radical (unpaired) electrons. The highest BCUT2D eigenvalue weighted by atomic mass is 32.2. The van der Waals surface area contributed by atoms with Gasteiger partial charge in [-0.05, 0) is 118 Å². The van der Waals surface area contributed by atoms with Gasteiger partial charge in [0, 0.05) is 36.3 Å². The summed E-state index contributed by atoms with van der Waals surface area (Å²) in [5.74, 6) is 3.05. The molecule has 1 atom stereocenters. The second-order valence-corrected chi connectivity index (χ2v) is 16.5. The molecule has 3 aliphatic rings. The van der Waals surface area contributed by atoms with Crippen molar-refractivity contribution in [2.75, 3.05) is 30.6 Å². The summed E-state index contributed by atoms with van der Waals surface area (Å²) < 4.78 is 16.9. The molecule has 3 saturated carbocycles. The lowest BCUT2D eigenvalue weighted by atomic mass is 9.78. The normalized spacial score (nSPS) is 23.6. The molecule has 0 bridgehead atoms. The third kappa shape index (κ3) is 8.78. The first kappa shape index (κ1) is 34.0. The van der Waals surface area contributed by atoms with Crippen molar-refractivity contribution in [3.63, 3.8) is 0 Å². The quantitative estimate of drug-likeness (QED) is 0.198. The van der Waals surface area contributed by atoms with Gasteiger partial charge in [0.15, 0.2) is 0 Å². The number of carbonyl (C=O) groups excluding carboxylic acids is 2. The Labute approximate surface area is 287 Å². The second-order valence-electron chi connectivity index (χ2n) is 13.9. The highest BCUT2D eigenvalue weighted by Gasteiger charge is 2.33. The van der Waals surface area contributed by atoms with Crippen LogP contribution in [0.3, 0.4) is 0 Å². The zero-order valence-corrected chi connectivity index (χ0v) is 29.7. The van der Waals surface area contributed by atoms with Gasteiger partial charge in [-0.3, -0.25) is 9.59 Å². The van der Waals surface area contributed by atoms with Gasteiger partial charge in [0.2, 0.25) is 11.8 Å². The van der Waals surface area contributed by atoms with Crippen molar-refractivity contribution >= 4 is 40.0 Å². The fourth-order valence-corrected chi connectivity index (χ4v) is 8.98. The number of carbonyl (C=O) groups is 2. The number of thiazole rings is 1. The van der Waals surface area contributed by atoms with Gasteiger partial charge in [0.05, 0.1) is 29.7 Å². The van der Waals surface area contributed by atoms with Crippen LogP contribution in [0.4, 0.5) is 5.69 Å². The summed E-state index contributed by atoms with van der Waals surface area (Å²) in [7, 11) is 1.72. The summed E-state index contributed by atoms with van der Waals surface area (Å²) in [5.41, 5.74) is 4.68. The van der Waals surface area contributed by atoms with Crippen molar-refractivity contribution in [1.29, 1.82) is 0 Å². The topological polar surface area (TPSA) is 94.6 Å². The lowest BCUT2D eigenvalue weighted by Gasteiger charge is -2.36. The summed E-state index contributed by atoms with van der Waals surface area (Å²) in [6, 6.07) is 15.2. The Kier molecular flexibility index (Phi) is 11.3. The van der Waals surface area contributed by atoms with Crippen molar-refractivity contribution in [1.82, 2.24) is 10.3 Å². The summed E-state index contributed by atoms with van der Waals surface area (Å²) in [5, 5.41) is 4.35. The van der Waals surface area contributed by atoms with Crippen molar-refractivity contribution in [2.24, 2.45) is 11.8 Å². The number of ether oxygens (including phenoxy) is 1. The van der Waals surface area contributed by atoms with E-state index in [-0.39, 0.29) is 30.2 Å². The van der Waals surface area contributed by atoms with E-state index in [1.807, 2.05) is 6.20 Å². The molecule has 7 nitrogen and oxygen atoms in total. The van der Waals surface area contributed by atoms with Gasteiger partial charge in [-0.15, -0.1) is 11.3 Å². The molecule has 47 heavy (non-hydrogen) atoms. The monoisotopic (exact) mass is 675 g/mol. The van der Waals surface area contributed by atoms with E-state index in [1.54, 1.807) is 24.7 Å². The van der Waals surface area contributed by atoms with Crippen LogP contribution in [0.2, 0.25) is 0 Å². The first-order valence-corrected chi connectivity index (χ1v) is 19.9. The zero-order chi connectivity index (χ0) is 32.9. The number of aromatic nitrogens is 1. The van der Waals surface area contributed by atoms with Crippen molar-refractivity contribution in [3.05, 3.63) is 64.8 Å². The molecule has 1 N–H and O–H groups in total. The van der Waals surface area contributed by atoms with Crippen LogP contribution in [0.5, 0.6) is 5.75 Å². The summed E-state index contributed by atoms with van der Waals surface area (Å²) in [6.45, 7) is 2.85. The molecule has 1 aromatic heterocycles. The van der Waals surface area contributed by atoms with E-state index in [2.05, 4.69) is 59.6 Å². The van der Waals surface area contributed by atoms with E-state index < -0.39 is 11.2 Å². The lowest BCUT2D eigenvalue weighted by molar-refractivity contribution is -0.123. The van der Waals surface area contributed by atoms with Gasteiger partial charge in [0.25, 0.3) is 0 Å². The number of nitrogens with zero attached hydrogens (tertiary/aromatic N) is 2. The second kappa shape index (κ2) is 15.6. The maximum absolute atomic E-state index is 14.4. The molecule has 1 heterocycles. The molecule has 3 aliphatic carbocycles. The standard InChI is InChI=1S/C38H49N3O4S2/c1-25-21-30(15-18-34(25)45-2)27-9-7-26(8-10-27)24-41(33-6-4-5-31(22-33)35-23-39-37(46-35)28-11-12-28)38(43)29-13-16-32(17-14-29)40-36(42)19-20-47(3)44/h4-6,15,18,21-23,26-29,32H,7-14,16-17,19-20,24H2,1-3H3,(H,40,42)/t26-,27-,29-,32-,47?. The van der Waals surface area contributed by atoms with Crippen LogP contribution in [-0.4, -0.2) is 53.1 Å². The number of amides is 2. The van der Waals surface area contributed by atoms with Crippen LogP contribution < -0.4 is 15.0 Å². The smallest absolute Gasteiger partial charge is 0.230 e. The predicted molar refractivity (Wildman–Crippen MR) is 192 cm³/mol. The summed E-state index contributed by atoms with van der Waals surface area (Å²) >= 11 is 0.810. The zero-order valence-electron chi connectivity index (χ0n) is 28.0. The number of rotatable bonds is 12.